The molecule has 2 aromatic rings. The number of carbonyl (C=O) groups excluding carboxylic acids is 1. The monoisotopic (exact) mass is 366 g/mol. The standard InChI is InChI=1S/C21H19ClN2O2/c1-3-11-26-20-10-9-15(13-18(20)22)12-17(14-23)21(25)24-19-8-6-5-7-16(19)4-2/h3,5-10,12-13H,1,4,11H2,2H3,(H,24,25)/b17-12+. The van der Waals surface area contributed by atoms with Gasteiger partial charge in [-0.05, 0) is 41.8 Å². The van der Waals surface area contributed by atoms with Crippen molar-refractivity contribution >= 4 is 29.3 Å². The van der Waals surface area contributed by atoms with Crippen LogP contribution in [0.4, 0.5) is 5.69 Å². The highest BCUT2D eigenvalue weighted by Crippen LogP contribution is 2.26. The molecule has 1 amide bonds. The zero-order chi connectivity index (χ0) is 18.9. The van der Waals surface area contributed by atoms with Gasteiger partial charge in [0, 0.05) is 5.69 Å². The smallest absolute Gasteiger partial charge is 0.266 e. The minimum Gasteiger partial charge on any atom is -0.488 e. The minimum atomic E-state index is -0.462. The van der Waals surface area contributed by atoms with Crippen LogP contribution in [0.25, 0.3) is 6.08 Å². The average Bonchev–Trinajstić information content (AvgIpc) is 2.65. The fourth-order valence-electron chi connectivity index (χ4n) is 2.33. The van der Waals surface area contributed by atoms with Crippen LogP contribution < -0.4 is 10.1 Å². The van der Waals surface area contributed by atoms with Crippen LogP contribution in [0.2, 0.25) is 5.02 Å². The number of nitrogens with one attached hydrogen (secondary N) is 1. The Hall–Kier alpha value is -3.03. The Labute approximate surface area is 158 Å². The number of nitrogens with zero attached hydrogens (tertiary/aromatic N) is 1. The van der Waals surface area contributed by atoms with E-state index in [0.29, 0.717) is 28.6 Å². The number of hydrogen-bond donors (Lipinski definition) is 1. The van der Waals surface area contributed by atoms with E-state index in [9.17, 15) is 10.1 Å². The first-order valence-corrected chi connectivity index (χ1v) is 8.51. The lowest BCUT2D eigenvalue weighted by molar-refractivity contribution is -0.112. The summed E-state index contributed by atoms with van der Waals surface area (Å²) in [6.45, 7) is 5.93. The molecule has 26 heavy (non-hydrogen) atoms. The molecule has 0 heterocycles. The van der Waals surface area contributed by atoms with Crippen LogP contribution in [-0.4, -0.2) is 12.5 Å². The lowest BCUT2D eigenvalue weighted by Crippen LogP contribution is -2.14. The van der Waals surface area contributed by atoms with Crippen LogP contribution in [0.5, 0.6) is 5.75 Å². The second-order valence-corrected chi connectivity index (χ2v) is 5.83. The molecule has 2 rings (SSSR count). The van der Waals surface area contributed by atoms with Crippen molar-refractivity contribution in [2.75, 3.05) is 11.9 Å². The molecule has 0 fully saturated rings. The molecule has 0 unspecified atom stereocenters. The predicted molar refractivity (Wildman–Crippen MR) is 105 cm³/mol. The van der Waals surface area contributed by atoms with Gasteiger partial charge < -0.3 is 10.1 Å². The maximum Gasteiger partial charge on any atom is 0.266 e. The molecular weight excluding hydrogens is 348 g/mol. The van der Waals surface area contributed by atoms with Gasteiger partial charge in [0.1, 0.15) is 24.0 Å². The second kappa shape index (κ2) is 9.45. The zero-order valence-electron chi connectivity index (χ0n) is 14.5. The van der Waals surface area contributed by atoms with Crippen LogP contribution in [0.1, 0.15) is 18.1 Å². The van der Waals surface area contributed by atoms with Gasteiger partial charge in [0.05, 0.1) is 5.02 Å². The number of hydrogen-bond acceptors (Lipinski definition) is 3. The molecule has 0 aliphatic carbocycles. The third-order valence-corrected chi connectivity index (χ3v) is 3.93. The van der Waals surface area contributed by atoms with E-state index in [1.54, 1.807) is 24.3 Å². The Morgan fingerprint density at radius 3 is 2.77 bits per heavy atom. The van der Waals surface area contributed by atoms with Crippen LogP contribution in [0.15, 0.2) is 60.7 Å². The normalized spacial score (nSPS) is 10.7. The Morgan fingerprint density at radius 1 is 1.35 bits per heavy atom. The summed E-state index contributed by atoms with van der Waals surface area (Å²) in [5.74, 6) is 0.0556. The molecule has 0 aliphatic rings. The third-order valence-electron chi connectivity index (χ3n) is 3.64. The van der Waals surface area contributed by atoms with E-state index >= 15 is 0 Å². The summed E-state index contributed by atoms with van der Waals surface area (Å²) in [5, 5.41) is 12.5. The summed E-state index contributed by atoms with van der Waals surface area (Å²) in [6.07, 6.45) is 3.90. The summed E-state index contributed by atoms with van der Waals surface area (Å²) < 4.78 is 5.41. The van der Waals surface area contributed by atoms with Gasteiger partial charge in [0.15, 0.2) is 0 Å². The summed E-state index contributed by atoms with van der Waals surface area (Å²) in [7, 11) is 0. The Bertz CT molecular complexity index is 882. The van der Waals surface area contributed by atoms with Gasteiger partial charge in [-0.15, -0.1) is 0 Å². The van der Waals surface area contributed by atoms with E-state index in [2.05, 4.69) is 11.9 Å². The Kier molecular flexibility index (Phi) is 7.02. The van der Waals surface area contributed by atoms with Gasteiger partial charge >= 0.3 is 0 Å². The molecule has 0 radical (unpaired) electrons. The second-order valence-electron chi connectivity index (χ2n) is 5.42. The molecule has 1 N–H and O–H groups in total. The Balaban J connectivity index is 2.21. The van der Waals surface area contributed by atoms with E-state index in [0.717, 1.165) is 12.0 Å². The topological polar surface area (TPSA) is 62.1 Å². The van der Waals surface area contributed by atoms with Gasteiger partial charge in [0.2, 0.25) is 0 Å². The number of anilines is 1. The number of aryl methyl sites for hydroxylation is 1. The number of ether oxygens (including phenoxy) is 1. The molecule has 4 nitrogen and oxygen atoms in total. The SMILES string of the molecule is C=CCOc1ccc(/C=C(\C#N)C(=O)Nc2ccccc2CC)cc1Cl. The summed E-state index contributed by atoms with van der Waals surface area (Å²) in [6, 6.07) is 14.5. The number of para-hydroxylation sites is 1. The van der Waals surface area contributed by atoms with Crippen LogP contribution in [-0.2, 0) is 11.2 Å². The van der Waals surface area contributed by atoms with Crippen molar-refractivity contribution in [2.24, 2.45) is 0 Å². The fraction of sp³-hybridized carbons (Fsp3) is 0.143. The first-order chi connectivity index (χ1) is 12.6. The first-order valence-electron chi connectivity index (χ1n) is 8.13. The van der Waals surface area contributed by atoms with Gasteiger partial charge in [-0.3, -0.25) is 4.79 Å². The molecule has 0 saturated carbocycles. The van der Waals surface area contributed by atoms with Crippen molar-refractivity contribution in [3.8, 4) is 11.8 Å². The molecule has 0 spiro atoms. The quantitative estimate of drug-likeness (QED) is 0.425. The minimum absolute atomic E-state index is 0.00765. The maximum absolute atomic E-state index is 12.4. The van der Waals surface area contributed by atoms with Gasteiger partial charge in [-0.1, -0.05) is 55.4 Å². The molecular formula is C21H19ClN2O2. The number of rotatable bonds is 7. The largest absolute Gasteiger partial charge is 0.488 e. The van der Waals surface area contributed by atoms with Crippen molar-refractivity contribution in [3.05, 3.63) is 76.8 Å². The highest BCUT2D eigenvalue weighted by atomic mass is 35.5. The number of benzene rings is 2. The van der Waals surface area contributed by atoms with Crippen molar-refractivity contribution in [3.63, 3.8) is 0 Å². The lowest BCUT2D eigenvalue weighted by Gasteiger charge is -2.09. The highest BCUT2D eigenvalue weighted by Gasteiger charge is 2.12. The van der Waals surface area contributed by atoms with Crippen molar-refractivity contribution in [1.82, 2.24) is 0 Å². The van der Waals surface area contributed by atoms with Crippen LogP contribution in [0.3, 0.4) is 0 Å². The average molecular weight is 367 g/mol. The van der Waals surface area contributed by atoms with Gasteiger partial charge in [0.25, 0.3) is 5.91 Å². The molecule has 2 aromatic carbocycles. The van der Waals surface area contributed by atoms with Crippen LogP contribution >= 0.6 is 11.6 Å². The molecule has 0 saturated heterocycles. The van der Waals surface area contributed by atoms with E-state index < -0.39 is 5.91 Å². The highest BCUT2D eigenvalue weighted by molar-refractivity contribution is 6.32. The van der Waals surface area contributed by atoms with E-state index in [1.165, 1.54) is 6.08 Å². The summed E-state index contributed by atoms with van der Waals surface area (Å²) >= 11 is 6.17. The van der Waals surface area contributed by atoms with Crippen molar-refractivity contribution in [2.45, 2.75) is 13.3 Å². The van der Waals surface area contributed by atoms with Gasteiger partial charge in [-0.25, -0.2) is 0 Å². The fourth-order valence-corrected chi connectivity index (χ4v) is 2.57. The number of halogens is 1. The molecule has 0 aromatic heterocycles. The van der Waals surface area contributed by atoms with E-state index in [4.69, 9.17) is 16.3 Å². The van der Waals surface area contributed by atoms with E-state index in [1.807, 2.05) is 37.3 Å². The Morgan fingerprint density at radius 2 is 2.12 bits per heavy atom. The molecule has 0 bridgehead atoms. The molecule has 0 aliphatic heterocycles. The lowest BCUT2D eigenvalue weighted by atomic mass is 10.1. The zero-order valence-corrected chi connectivity index (χ0v) is 15.2. The number of carbonyl (C=O) groups is 1. The number of amides is 1. The molecule has 132 valence electrons. The third kappa shape index (κ3) is 4.98. The molecule has 0 atom stereocenters. The van der Waals surface area contributed by atoms with Crippen molar-refractivity contribution in [1.29, 1.82) is 5.26 Å². The molecule has 5 heteroatoms. The van der Waals surface area contributed by atoms with E-state index in [-0.39, 0.29) is 5.57 Å². The predicted octanol–water partition coefficient (Wildman–Crippen LogP) is 5.01. The summed E-state index contributed by atoms with van der Waals surface area (Å²) in [4.78, 5) is 12.4. The number of nitriles is 1. The first kappa shape index (κ1) is 19.3. The summed E-state index contributed by atoms with van der Waals surface area (Å²) in [5.41, 5.74) is 2.33. The van der Waals surface area contributed by atoms with Crippen LogP contribution in [0, 0.1) is 11.3 Å². The van der Waals surface area contributed by atoms with Gasteiger partial charge in [-0.2, -0.15) is 5.26 Å². The maximum atomic E-state index is 12.4. The van der Waals surface area contributed by atoms with Crippen molar-refractivity contribution < 1.29 is 9.53 Å².